The van der Waals surface area contributed by atoms with Crippen LogP contribution in [-0.4, -0.2) is 13.1 Å². The molecule has 1 nitrogen and oxygen atoms in total. The third-order valence-electron chi connectivity index (χ3n) is 4.88. The molecule has 2 rings (SSSR count). The highest BCUT2D eigenvalue weighted by Gasteiger charge is 2.39. The smallest absolute Gasteiger partial charge is 0.127 e. The number of benzene rings is 1. The van der Waals surface area contributed by atoms with E-state index in [1.165, 1.54) is 51.4 Å². The summed E-state index contributed by atoms with van der Waals surface area (Å²) in [6, 6.07) is 7.32. The molecule has 1 saturated heterocycles. The molecular formula is C19H30FN. The lowest BCUT2D eigenvalue weighted by Gasteiger charge is -2.43. The number of hydrogen-bond acceptors (Lipinski definition) is 1. The van der Waals surface area contributed by atoms with Crippen LogP contribution in [0.3, 0.4) is 0 Å². The Kier molecular flexibility index (Phi) is 6.69. The largest absolute Gasteiger partial charge is 0.315 e. The molecule has 1 aliphatic rings. The van der Waals surface area contributed by atoms with Gasteiger partial charge in [-0.1, -0.05) is 76.5 Å². The highest BCUT2D eigenvalue weighted by Crippen LogP contribution is 2.35. The van der Waals surface area contributed by atoms with E-state index in [1.54, 1.807) is 12.1 Å². The minimum Gasteiger partial charge on any atom is -0.315 e. The Morgan fingerprint density at radius 1 is 0.952 bits per heavy atom. The summed E-state index contributed by atoms with van der Waals surface area (Å²) < 4.78 is 14.0. The van der Waals surface area contributed by atoms with Gasteiger partial charge in [-0.15, -0.1) is 0 Å². The van der Waals surface area contributed by atoms with Crippen LogP contribution >= 0.6 is 0 Å². The Hall–Kier alpha value is -0.890. The second-order valence-electron chi connectivity index (χ2n) is 6.59. The van der Waals surface area contributed by atoms with Crippen molar-refractivity contribution in [1.29, 1.82) is 0 Å². The number of unbranched alkanes of at least 4 members (excludes halogenated alkanes) is 7. The average Bonchev–Trinajstić information content (AvgIpc) is 2.45. The van der Waals surface area contributed by atoms with E-state index in [4.69, 9.17) is 0 Å². The zero-order valence-electron chi connectivity index (χ0n) is 13.5. The predicted octanol–water partition coefficient (Wildman–Crippen LogP) is 5.20. The molecule has 0 aliphatic carbocycles. The molecule has 0 radical (unpaired) electrons. The highest BCUT2D eigenvalue weighted by molar-refractivity contribution is 5.31. The molecule has 1 N–H and O–H groups in total. The molecule has 0 unspecified atom stereocenters. The molecule has 0 bridgehead atoms. The number of rotatable bonds is 10. The van der Waals surface area contributed by atoms with E-state index in [0.29, 0.717) is 0 Å². The van der Waals surface area contributed by atoms with Crippen molar-refractivity contribution in [3.63, 3.8) is 0 Å². The van der Waals surface area contributed by atoms with E-state index in [0.717, 1.165) is 25.1 Å². The lowest BCUT2D eigenvalue weighted by Crippen LogP contribution is -2.57. The Labute approximate surface area is 129 Å². The fourth-order valence-corrected chi connectivity index (χ4v) is 3.42. The van der Waals surface area contributed by atoms with Gasteiger partial charge in [-0.05, 0) is 18.1 Å². The van der Waals surface area contributed by atoms with Crippen LogP contribution in [-0.2, 0) is 5.41 Å². The summed E-state index contributed by atoms with van der Waals surface area (Å²) in [6.07, 6.45) is 11.8. The van der Waals surface area contributed by atoms with E-state index in [1.807, 2.05) is 12.1 Å². The number of halogens is 1. The van der Waals surface area contributed by atoms with Crippen LogP contribution in [0, 0.1) is 5.82 Å². The van der Waals surface area contributed by atoms with Crippen molar-refractivity contribution in [2.75, 3.05) is 13.1 Å². The van der Waals surface area contributed by atoms with Crippen molar-refractivity contribution >= 4 is 0 Å². The summed E-state index contributed by atoms with van der Waals surface area (Å²) in [5, 5.41) is 3.34. The van der Waals surface area contributed by atoms with E-state index in [9.17, 15) is 4.39 Å². The lowest BCUT2D eigenvalue weighted by molar-refractivity contribution is 0.241. The van der Waals surface area contributed by atoms with Crippen LogP contribution in [0.4, 0.5) is 4.39 Å². The molecule has 0 amide bonds. The third kappa shape index (κ3) is 4.54. The zero-order valence-corrected chi connectivity index (χ0v) is 13.5. The number of hydrogen-bond donors (Lipinski definition) is 1. The summed E-state index contributed by atoms with van der Waals surface area (Å²) in [6.45, 7) is 4.13. The van der Waals surface area contributed by atoms with Crippen LogP contribution in [0.2, 0.25) is 0 Å². The molecule has 0 atom stereocenters. The molecule has 1 aromatic carbocycles. The van der Waals surface area contributed by atoms with Gasteiger partial charge in [-0.3, -0.25) is 0 Å². The minimum absolute atomic E-state index is 0.0291. The van der Waals surface area contributed by atoms with Gasteiger partial charge in [-0.25, -0.2) is 4.39 Å². The minimum atomic E-state index is -0.0291. The molecule has 1 fully saturated rings. The Bertz CT molecular complexity index is 412. The van der Waals surface area contributed by atoms with Gasteiger partial charge in [0.1, 0.15) is 5.82 Å². The highest BCUT2D eigenvalue weighted by atomic mass is 19.1. The summed E-state index contributed by atoms with van der Waals surface area (Å²) in [5.74, 6) is -0.0291. The topological polar surface area (TPSA) is 12.0 Å². The summed E-state index contributed by atoms with van der Waals surface area (Å²) in [7, 11) is 0. The molecule has 1 aromatic rings. The van der Waals surface area contributed by atoms with Crippen LogP contribution in [0.15, 0.2) is 24.3 Å². The van der Waals surface area contributed by atoms with Gasteiger partial charge in [0, 0.05) is 18.5 Å². The molecular weight excluding hydrogens is 261 g/mol. The van der Waals surface area contributed by atoms with Gasteiger partial charge >= 0.3 is 0 Å². The van der Waals surface area contributed by atoms with Gasteiger partial charge in [-0.2, -0.15) is 0 Å². The second-order valence-corrected chi connectivity index (χ2v) is 6.59. The molecule has 2 heteroatoms. The maximum Gasteiger partial charge on any atom is 0.127 e. The van der Waals surface area contributed by atoms with E-state index in [-0.39, 0.29) is 11.2 Å². The first kappa shape index (κ1) is 16.5. The Morgan fingerprint density at radius 2 is 1.57 bits per heavy atom. The molecule has 0 spiro atoms. The standard InChI is InChI=1S/C19H30FN/c1-2-3-4-5-6-7-8-11-14-19(15-21-16-19)17-12-9-10-13-18(17)20/h9-10,12-13,21H,2-8,11,14-16H2,1H3. The van der Waals surface area contributed by atoms with Gasteiger partial charge < -0.3 is 5.32 Å². The van der Waals surface area contributed by atoms with E-state index in [2.05, 4.69) is 12.2 Å². The van der Waals surface area contributed by atoms with Crippen molar-refractivity contribution < 1.29 is 4.39 Å². The van der Waals surface area contributed by atoms with Gasteiger partial charge in [0.2, 0.25) is 0 Å². The zero-order chi connectivity index (χ0) is 15.0. The Morgan fingerprint density at radius 3 is 2.14 bits per heavy atom. The quantitative estimate of drug-likeness (QED) is 0.584. The summed E-state index contributed by atoms with van der Waals surface area (Å²) >= 11 is 0. The van der Waals surface area contributed by atoms with Crippen LogP contribution in [0.5, 0.6) is 0 Å². The molecule has 0 saturated carbocycles. The van der Waals surface area contributed by atoms with E-state index >= 15 is 0 Å². The van der Waals surface area contributed by atoms with Gasteiger partial charge in [0.15, 0.2) is 0 Å². The second kappa shape index (κ2) is 8.53. The van der Waals surface area contributed by atoms with Crippen LogP contribution in [0.1, 0.15) is 70.3 Å². The van der Waals surface area contributed by atoms with E-state index < -0.39 is 0 Å². The fraction of sp³-hybridized carbons (Fsp3) is 0.684. The SMILES string of the molecule is CCCCCCCCCCC1(c2ccccc2F)CNC1. The van der Waals surface area contributed by atoms with Gasteiger partial charge in [0.05, 0.1) is 0 Å². The maximum atomic E-state index is 14.0. The normalized spacial score (nSPS) is 16.7. The number of nitrogens with one attached hydrogen (secondary N) is 1. The first-order chi connectivity index (χ1) is 10.3. The lowest BCUT2D eigenvalue weighted by atomic mass is 9.71. The Balaban J connectivity index is 1.70. The fourth-order valence-electron chi connectivity index (χ4n) is 3.42. The third-order valence-corrected chi connectivity index (χ3v) is 4.88. The van der Waals surface area contributed by atoms with Crippen molar-refractivity contribution in [3.8, 4) is 0 Å². The van der Waals surface area contributed by atoms with Crippen molar-refractivity contribution in [1.82, 2.24) is 5.32 Å². The van der Waals surface area contributed by atoms with Crippen LogP contribution < -0.4 is 5.32 Å². The summed E-state index contributed by atoms with van der Waals surface area (Å²) in [4.78, 5) is 0. The molecule has 0 aromatic heterocycles. The summed E-state index contributed by atoms with van der Waals surface area (Å²) in [5.41, 5.74) is 0.986. The molecule has 21 heavy (non-hydrogen) atoms. The first-order valence-corrected chi connectivity index (χ1v) is 8.74. The van der Waals surface area contributed by atoms with Crippen LogP contribution in [0.25, 0.3) is 0 Å². The molecule has 118 valence electrons. The van der Waals surface area contributed by atoms with Crippen molar-refractivity contribution in [2.45, 2.75) is 70.1 Å². The van der Waals surface area contributed by atoms with Crippen molar-refractivity contribution in [3.05, 3.63) is 35.6 Å². The molecule has 1 heterocycles. The maximum absolute atomic E-state index is 14.0. The predicted molar refractivity (Wildman–Crippen MR) is 88.2 cm³/mol. The molecule has 1 aliphatic heterocycles. The first-order valence-electron chi connectivity index (χ1n) is 8.74. The monoisotopic (exact) mass is 291 g/mol. The van der Waals surface area contributed by atoms with Gasteiger partial charge in [0.25, 0.3) is 0 Å². The average molecular weight is 291 g/mol. The van der Waals surface area contributed by atoms with Crippen molar-refractivity contribution in [2.24, 2.45) is 0 Å².